The van der Waals surface area contributed by atoms with Gasteiger partial charge in [-0.2, -0.15) is 0 Å². The smallest absolute Gasteiger partial charge is 0.254 e. The number of aromatic nitrogens is 2. The lowest BCUT2D eigenvalue weighted by Gasteiger charge is -2.38. The van der Waals surface area contributed by atoms with Crippen LogP contribution in [-0.4, -0.2) is 83.6 Å². The topological polar surface area (TPSA) is 70.9 Å². The Balaban J connectivity index is 1.64. The van der Waals surface area contributed by atoms with Crippen molar-refractivity contribution < 1.29 is 14.3 Å². The zero-order valence-corrected chi connectivity index (χ0v) is 16.7. The van der Waals surface area contributed by atoms with Gasteiger partial charge in [0.25, 0.3) is 5.91 Å². The number of hydrogen-bond donors (Lipinski definition) is 0. The lowest BCUT2D eigenvalue weighted by molar-refractivity contribution is -0.138. The number of ether oxygens (including phenoxy) is 1. The molecule has 0 N–H and O–H groups in total. The normalized spacial score (nSPS) is 20.9. The van der Waals surface area contributed by atoms with Crippen molar-refractivity contribution in [3.8, 4) is 0 Å². The molecule has 1 aromatic heterocycles. The maximum atomic E-state index is 13.2. The van der Waals surface area contributed by atoms with Gasteiger partial charge in [0.15, 0.2) is 0 Å². The van der Waals surface area contributed by atoms with Crippen molar-refractivity contribution in [2.24, 2.45) is 7.05 Å². The first-order valence-electron chi connectivity index (χ1n) is 9.86. The number of nitrogens with zero attached hydrogens (tertiary/aromatic N) is 5. The molecule has 0 aliphatic carbocycles. The molecule has 2 aromatic rings. The van der Waals surface area contributed by atoms with Crippen molar-refractivity contribution in [2.75, 3.05) is 51.3 Å². The second-order valence-corrected chi connectivity index (χ2v) is 7.46. The van der Waals surface area contributed by atoms with Gasteiger partial charge in [-0.15, -0.1) is 0 Å². The number of rotatable bonds is 3. The van der Waals surface area contributed by atoms with Crippen LogP contribution < -0.4 is 4.90 Å². The fourth-order valence-electron chi connectivity index (χ4n) is 4.08. The van der Waals surface area contributed by atoms with Gasteiger partial charge in [0.05, 0.1) is 24.2 Å². The summed E-state index contributed by atoms with van der Waals surface area (Å²) < 4.78 is 7.49. The molecule has 0 saturated carbocycles. The monoisotopic (exact) mass is 385 g/mol. The molecular weight excluding hydrogens is 358 g/mol. The highest BCUT2D eigenvalue weighted by atomic mass is 16.5. The summed E-state index contributed by atoms with van der Waals surface area (Å²) in [6.45, 7) is 6.08. The Hall–Kier alpha value is -2.61. The van der Waals surface area contributed by atoms with Gasteiger partial charge in [0.1, 0.15) is 6.04 Å². The summed E-state index contributed by atoms with van der Waals surface area (Å²) in [7, 11) is 3.79. The van der Waals surface area contributed by atoms with E-state index < -0.39 is 6.04 Å². The van der Waals surface area contributed by atoms with Gasteiger partial charge in [-0.25, -0.2) is 4.98 Å². The summed E-state index contributed by atoms with van der Waals surface area (Å²) >= 11 is 0. The molecule has 2 saturated heterocycles. The van der Waals surface area contributed by atoms with Crippen LogP contribution in [0.2, 0.25) is 0 Å². The number of amides is 2. The summed E-state index contributed by atoms with van der Waals surface area (Å²) in [6.07, 6.45) is 0.613. The second-order valence-electron chi connectivity index (χ2n) is 7.46. The molecule has 4 rings (SSSR count). The molecule has 1 atom stereocenters. The molecule has 8 nitrogen and oxygen atoms in total. The molecule has 1 aromatic carbocycles. The SMILES string of the molecule is CCC1C(=O)N(C)CCN1C(=O)c1ccc2c(c1)nc(N1CCOCC1)n2C. The Morgan fingerprint density at radius 1 is 1.18 bits per heavy atom. The fourth-order valence-corrected chi connectivity index (χ4v) is 4.08. The first-order chi connectivity index (χ1) is 13.5. The number of imidazole rings is 1. The number of carbonyl (C=O) groups excluding carboxylic acids is 2. The predicted octanol–water partition coefficient (Wildman–Crippen LogP) is 1.10. The number of aryl methyl sites for hydroxylation is 1. The minimum atomic E-state index is -0.394. The molecule has 0 spiro atoms. The van der Waals surface area contributed by atoms with Crippen LogP contribution in [0, 0.1) is 0 Å². The molecule has 0 radical (unpaired) electrons. The quantitative estimate of drug-likeness (QED) is 0.791. The minimum Gasteiger partial charge on any atom is -0.378 e. The van der Waals surface area contributed by atoms with Gasteiger partial charge in [-0.3, -0.25) is 9.59 Å². The molecule has 1 unspecified atom stereocenters. The van der Waals surface area contributed by atoms with Gasteiger partial charge in [0, 0.05) is 45.8 Å². The van der Waals surface area contributed by atoms with Gasteiger partial charge < -0.3 is 24.0 Å². The molecule has 8 heteroatoms. The number of anilines is 1. The summed E-state index contributed by atoms with van der Waals surface area (Å²) in [5.41, 5.74) is 2.36. The highest BCUT2D eigenvalue weighted by Gasteiger charge is 2.35. The van der Waals surface area contributed by atoms with Crippen molar-refractivity contribution in [3.63, 3.8) is 0 Å². The van der Waals surface area contributed by atoms with E-state index >= 15 is 0 Å². The predicted molar refractivity (Wildman–Crippen MR) is 106 cm³/mol. The maximum absolute atomic E-state index is 13.2. The number of piperazine rings is 1. The molecule has 28 heavy (non-hydrogen) atoms. The van der Waals surface area contributed by atoms with Crippen molar-refractivity contribution in [3.05, 3.63) is 23.8 Å². The van der Waals surface area contributed by atoms with E-state index in [-0.39, 0.29) is 11.8 Å². The Bertz CT molecular complexity index is 903. The van der Waals surface area contributed by atoms with Crippen molar-refractivity contribution in [1.29, 1.82) is 0 Å². The van der Waals surface area contributed by atoms with Crippen LogP contribution in [-0.2, 0) is 16.6 Å². The van der Waals surface area contributed by atoms with Crippen molar-refractivity contribution >= 4 is 28.8 Å². The van der Waals surface area contributed by atoms with Crippen LogP contribution in [0.3, 0.4) is 0 Å². The van der Waals surface area contributed by atoms with Crippen molar-refractivity contribution in [2.45, 2.75) is 19.4 Å². The molecule has 2 aliphatic heterocycles. The standard InChI is InChI=1S/C20H27N5O3/c1-4-16-19(27)22(2)7-8-25(16)18(26)14-5-6-17-15(13-14)21-20(23(17)3)24-9-11-28-12-10-24/h5-6,13,16H,4,7-12H2,1-3H3. The summed E-state index contributed by atoms with van der Waals surface area (Å²) in [4.78, 5) is 36.0. The van der Waals surface area contributed by atoms with Crippen LogP contribution in [0.25, 0.3) is 11.0 Å². The molecule has 0 bridgehead atoms. The minimum absolute atomic E-state index is 0.00983. The molecule has 2 fully saturated rings. The first-order valence-corrected chi connectivity index (χ1v) is 9.86. The zero-order valence-electron chi connectivity index (χ0n) is 16.7. The van der Waals surface area contributed by atoms with E-state index in [0.29, 0.717) is 38.3 Å². The molecule has 2 aliphatic rings. The summed E-state index contributed by atoms with van der Waals surface area (Å²) in [5.74, 6) is 0.800. The Labute approximate surface area is 164 Å². The van der Waals surface area contributed by atoms with E-state index in [4.69, 9.17) is 9.72 Å². The summed E-state index contributed by atoms with van der Waals surface area (Å²) in [5, 5.41) is 0. The van der Waals surface area contributed by atoms with Crippen LogP contribution >= 0.6 is 0 Å². The molecular formula is C20H27N5O3. The van der Waals surface area contributed by atoms with Gasteiger partial charge >= 0.3 is 0 Å². The number of hydrogen-bond acceptors (Lipinski definition) is 5. The Morgan fingerprint density at radius 3 is 2.64 bits per heavy atom. The lowest BCUT2D eigenvalue weighted by atomic mass is 10.1. The van der Waals surface area contributed by atoms with Gasteiger partial charge in [-0.05, 0) is 24.6 Å². The van der Waals surface area contributed by atoms with Crippen LogP contribution in [0.4, 0.5) is 5.95 Å². The third kappa shape index (κ3) is 3.11. The number of fused-ring (bicyclic) bond motifs is 1. The molecule has 150 valence electrons. The highest BCUT2D eigenvalue weighted by molar-refractivity contribution is 6.00. The summed E-state index contributed by atoms with van der Waals surface area (Å²) in [6, 6.07) is 5.23. The Morgan fingerprint density at radius 2 is 1.93 bits per heavy atom. The average Bonchev–Trinajstić information content (AvgIpc) is 3.06. The largest absolute Gasteiger partial charge is 0.378 e. The van der Waals surface area contributed by atoms with E-state index in [1.165, 1.54) is 0 Å². The third-order valence-electron chi connectivity index (χ3n) is 5.76. The van der Waals surface area contributed by atoms with E-state index in [9.17, 15) is 9.59 Å². The second kappa shape index (κ2) is 7.43. The third-order valence-corrected chi connectivity index (χ3v) is 5.76. The fraction of sp³-hybridized carbons (Fsp3) is 0.550. The van der Waals surface area contributed by atoms with Crippen LogP contribution in [0.15, 0.2) is 18.2 Å². The molecule has 2 amide bonds. The number of morpholine rings is 1. The lowest BCUT2D eigenvalue weighted by Crippen LogP contribution is -2.57. The Kier molecular flexibility index (Phi) is 4.97. The van der Waals surface area contributed by atoms with E-state index in [1.807, 2.05) is 32.2 Å². The first kappa shape index (κ1) is 18.7. The highest BCUT2D eigenvalue weighted by Crippen LogP contribution is 2.25. The molecule has 3 heterocycles. The van der Waals surface area contributed by atoms with Crippen LogP contribution in [0.1, 0.15) is 23.7 Å². The van der Waals surface area contributed by atoms with Crippen molar-refractivity contribution in [1.82, 2.24) is 19.4 Å². The zero-order chi connectivity index (χ0) is 19.8. The van der Waals surface area contributed by atoms with E-state index in [2.05, 4.69) is 9.47 Å². The van der Waals surface area contributed by atoms with E-state index in [1.54, 1.807) is 16.8 Å². The number of carbonyl (C=O) groups is 2. The number of likely N-dealkylation sites (N-methyl/N-ethyl adjacent to an activating group) is 1. The van der Waals surface area contributed by atoms with Gasteiger partial charge in [0.2, 0.25) is 11.9 Å². The van der Waals surface area contributed by atoms with E-state index in [0.717, 1.165) is 30.1 Å². The number of benzene rings is 1. The average molecular weight is 385 g/mol. The van der Waals surface area contributed by atoms with Gasteiger partial charge in [-0.1, -0.05) is 6.92 Å². The maximum Gasteiger partial charge on any atom is 0.254 e. The van der Waals surface area contributed by atoms with Crippen LogP contribution in [0.5, 0.6) is 0 Å².